The summed E-state index contributed by atoms with van der Waals surface area (Å²) in [6.45, 7) is 6.37. The quantitative estimate of drug-likeness (QED) is 0.860. The van der Waals surface area contributed by atoms with Crippen LogP contribution in [0.25, 0.3) is 5.69 Å². The smallest absolute Gasteiger partial charge is 0.133 e. The summed E-state index contributed by atoms with van der Waals surface area (Å²) in [6.07, 6.45) is 4.23. The van der Waals surface area contributed by atoms with E-state index >= 15 is 0 Å². The molecule has 0 radical (unpaired) electrons. The summed E-state index contributed by atoms with van der Waals surface area (Å²) in [6, 6.07) is 10.5. The number of nitrogens with one attached hydrogen (secondary N) is 1. The van der Waals surface area contributed by atoms with E-state index in [2.05, 4.69) is 65.7 Å². The van der Waals surface area contributed by atoms with Crippen LogP contribution in [0.1, 0.15) is 32.4 Å². The van der Waals surface area contributed by atoms with Gasteiger partial charge in [-0.15, -0.1) is 0 Å². The molecule has 1 aromatic carbocycles. The molecule has 4 nitrogen and oxygen atoms in total. The Morgan fingerprint density at radius 2 is 1.82 bits per heavy atom. The van der Waals surface area contributed by atoms with Gasteiger partial charge in [0.25, 0.3) is 0 Å². The molecule has 0 aliphatic carbocycles. The van der Waals surface area contributed by atoms with E-state index in [1.165, 1.54) is 11.3 Å². The minimum atomic E-state index is 0.995. The van der Waals surface area contributed by atoms with Crippen LogP contribution in [-0.2, 0) is 0 Å². The van der Waals surface area contributed by atoms with E-state index in [0.29, 0.717) is 0 Å². The molecule has 1 aromatic heterocycles. The molecule has 0 saturated heterocycles. The van der Waals surface area contributed by atoms with Gasteiger partial charge in [0, 0.05) is 32.0 Å². The first kappa shape index (κ1) is 16.1. The van der Waals surface area contributed by atoms with Gasteiger partial charge >= 0.3 is 0 Å². The molecule has 0 spiro atoms. The number of benzene rings is 1. The lowest BCUT2D eigenvalue weighted by Gasteiger charge is -2.13. The monoisotopic (exact) mass is 298 g/mol. The minimum absolute atomic E-state index is 0.995. The maximum atomic E-state index is 4.60. The molecule has 0 saturated carbocycles. The second kappa shape index (κ2) is 7.16. The van der Waals surface area contributed by atoms with Gasteiger partial charge in [-0.05, 0) is 44.0 Å². The first-order valence-electron chi connectivity index (χ1n) is 7.84. The topological polar surface area (TPSA) is 33.1 Å². The van der Waals surface area contributed by atoms with Crippen molar-refractivity contribution >= 4 is 11.5 Å². The third-order valence-electron chi connectivity index (χ3n) is 3.77. The number of hydrogen-bond donors (Lipinski definition) is 1. The highest BCUT2D eigenvalue weighted by molar-refractivity contribution is 5.53. The van der Waals surface area contributed by atoms with Crippen LogP contribution in [-0.4, -0.2) is 23.9 Å². The van der Waals surface area contributed by atoms with Gasteiger partial charge in [-0.1, -0.05) is 19.4 Å². The van der Waals surface area contributed by atoms with Crippen molar-refractivity contribution in [3.63, 3.8) is 0 Å². The zero-order chi connectivity index (χ0) is 16.1. The second-order valence-corrected chi connectivity index (χ2v) is 5.65. The van der Waals surface area contributed by atoms with Crippen molar-refractivity contribution in [2.24, 2.45) is 0 Å². The normalized spacial score (nSPS) is 10.4. The van der Waals surface area contributed by atoms with Gasteiger partial charge in [0.05, 0.1) is 11.4 Å². The fourth-order valence-corrected chi connectivity index (χ4v) is 2.32. The van der Waals surface area contributed by atoms with E-state index in [1.807, 2.05) is 25.7 Å². The van der Waals surface area contributed by atoms with Gasteiger partial charge in [0.2, 0.25) is 0 Å². The van der Waals surface area contributed by atoms with E-state index in [1.54, 1.807) is 0 Å². The van der Waals surface area contributed by atoms with Gasteiger partial charge in [0.1, 0.15) is 5.82 Å². The average Bonchev–Trinajstić information content (AvgIpc) is 2.89. The molecule has 2 rings (SSSR count). The summed E-state index contributed by atoms with van der Waals surface area (Å²) in [5.41, 5.74) is 4.64. The van der Waals surface area contributed by atoms with Crippen molar-refractivity contribution in [2.75, 3.05) is 24.3 Å². The van der Waals surface area contributed by atoms with Crippen LogP contribution in [0.2, 0.25) is 0 Å². The number of anilines is 2. The van der Waals surface area contributed by atoms with Gasteiger partial charge in [0.15, 0.2) is 0 Å². The third kappa shape index (κ3) is 3.70. The van der Waals surface area contributed by atoms with Crippen LogP contribution in [0.5, 0.6) is 0 Å². The molecule has 22 heavy (non-hydrogen) atoms. The first-order chi connectivity index (χ1) is 10.5. The lowest BCUT2D eigenvalue weighted by molar-refractivity contribution is 0.867. The molecule has 0 bridgehead atoms. The largest absolute Gasteiger partial charge is 0.378 e. The second-order valence-electron chi connectivity index (χ2n) is 5.65. The van der Waals surface area contributed by atoms with Crippen LogP contribution in [0, 0.1) is 6.92 Å². The van der Waals surface area contributed by atoms with Crippen molar-refractivity contribution < 1.29 is 0 Å². The number of hydrogen-bond acceptors (Lipinski definition) is 3. The summed E-state index contributed by atoms with van der Waals surface area (Å²) in [4.78, 5) is 2.09. The number of rotatable bonds is 6. The van der Waals surface area contributed by atoms with Gasteiger partial charge in [-0.3, -0.25) is 0 Å². The molecule has 118 valence electrons. The predicted octanol–water partition coefficient (Wildman–Crippen LogP) is 4.36. The van der Waals surface area contributed by atoms with Gasteiger partial charge in [-0.25, -0.2) is 4.68 Å². The van der Waals surface area contributed by atoms with E-state index in [4.69, 9.17) is 0 Å². The van der Waals surface area contributed by atoms with Crippen LogP contribution in [0.3, 0.4) is 0 Å². The van der Waals surface area contributed by atoms with Gasteiger partial charge < -0.3 is 10.2 Å². The molecular formula is C18H26N4. The summed E-state index contributed by atoms with van der Waals surface area (Å²) in [5, 5.41) is 8.00. The fraction of sp³-hybridized carbons (Fsp3) is 0.389. The summed E-state index contributed by atoms with van der Waals surface area (Å²) in [7, 11) is 4.09. The molecule has 2 aromatic rings. The van der Waals surface area contributed by atoms with Crippen LogP contribution < -0.4 is 10.2 Å². The Morgan fingerprint density at radius 1 is 1.18 bits per heavy atom. The Balaban J connectivity index is 2.29. The minimum Gasteiger partial charge on any atom is -0.378 e. The molecule has 0 aliphatic heterocycles. The SMILES string of the molecule is CCC(=CNc1cc(C)nn1-c1ccc(N(C)C)cc1)CC. The van der Waals surface area contributed by atoms with Crippen molar-refractivity contribution in [3.05, 3.63) is 47.8 Å². The van der Waals surface area contributed by atoms with Crippen molar-refractivity contribution in [3.8, 4) is 5.69 Å². The highest BCUT2D eigenvalue weighted by Crippen LogP contribution is 2.20. The van der Waals surface area contributed by atoms with E-state index in [0.717, 1.165) is 30.0 Å². The van der Waals surface area contributed by atoms with E-state index < -0.39 is 0 Å². The van der Waals surface area contributed by atoms with E-state index in [-0.39, 0.29) is 0 Å². The molecule has 4 heteroatoms. The van der Waals surface area contributed by atoms with Gasteiger partial charge in [-0.2, -0.15) is 5.10 Å². The lowest BCUT2D eigenvalue weighted by atomic mass is 10.2. The summed E-state index contributed by atoms with van der Waals surface area (Å²) in [5.74, 6) is 0.995. The molecule has 0 fully saturated rings. The zero-order valence-electron chi connectivity index (χ0n) is 14.2. The number of aryl methyl sites for hydroxylation is 1. The van der Waals surface area contributed by atoms with Crippen molar-refractivity contribution in [1.29, 1.82) is 0 Å². The van der Waals surface area contributed by atoms with Crippen LogP contribution in [0.15, 0.2) is 42.1 Å². The highest BCUT2D eigenvalue weighted by Gasteiger charge is 2.07. The highest BCUT2D eigenvalue weighted by atomic mass is 15.3. The summed E-state index contributed by atoms with van der Waals surface area (Å²) < 4.78 is 1.95. The van der Waals surface area contributed by atoms with Crippen LogP contribution >= 0.6 is 0 Å². The maximum Gasteiger partial charge on any atom is 0.133 e. The van der Waals surface area contributed by atoms with Crippen molar-refractivity contribution in [2.45, 2.75) is 33.6 Å². The predicted molar refractivity (Wildman–Crippen MR) is 94.9 cm³/mol. The summed E-state index contributed by atoms with van der Waals surface area (Å²) >= 11 is 0. The Bertz CT molecular complexity index is 630. The standard InChI is InChI=1S/C18H26N4/c1-6-15(7-2)13-19-18-12-14(3)20-22(18)17-10-8-16(9-11-17)21(4)5/h8-13,19H,6-7H2,1-5H3. The molecule has 1 N–H and O–H groups in total. The molecule has 1 heterocycles. The number of aromatic nitrogens is 2. The van der Waals surface area contributed by atoms with Crippen molar-refractivity contribution in [1.82, 2.24) is 9.78 Å². The Morgan fingerprint density at radius 3 is 2.36 bits per heavy atom. The maximum absolute atomic E-state index is 4.60. The Labute approximate surface area is 133 Å². The lowest BCUT2D eigenvalue weighted by Crippen LogP contribution is -2.09. The third-order valence-corrected chi connectivity index (χ3v) is 3.77. The molecule has 0 aliphatic rings. The molecule has 0 amide bonds. The zero-order valence-corrected chi connectivity index (χ0v) is 14.2. The Hall–Kier alpha value is -2.23. The molecule has 0 unspecified atom stereocenters. The van der Waals surface area contributed by atoms with Crippen LogP contribution in [0.4, 0.5) is 11.5 Å². The number of allylic oxidation sites excluding steroid dienone is 1. The molecule has 0 atom stereocenters. The van der Waals surface area contributed by atoms with E-state index in [9.17, 15) is 0 Å². The fourth-order valence-electron chi connectivity index (χ4n) is 2.32. The number of nitrogens with zero attached hydrogens (tertiary/aromatic N) is 3. The molecular weight excluding hydrogens is 272 g/mol. The Kier molecular flexibility index (Phi) is 5.26. The average molecular weight is 298 g/mol. The first-order valence-corrected chi connectivity index (χ1v) is 7.84.